The third kappa shape index (κ3) is 5.70. The van der Waals surface area contributed by atoms with Crippen LogP contribution in [0, 0.1) is 11.3 Å². The molecular weight excluding hydrogens is 408 g/mol. The second kappa shape index (κ2) is 10.7. The van der Waals surface area contributed by atoms with Crippen LogP contribution >= 0.6 is 0 Å². The van der Waals surface area contributed by atoms with Gasteiger partial charge in [-0.15, -0.1) is 0 Å². The van der Waals surface area contributed by atoms with Gasteiger partial charge in [-0.1, -0.05) is 0 Å². The first kappa shape index (κ1) is 22.5. The molecule has 9 nitrogen and oxygen atoms in total. The molecule has 0 aliphatic rings. The van der Waals surface area contributed by atoms with Gasteiger partial charge >= 0.3 is 0 Å². The number of hydrogen-bond acceptors (Lipinski definition) is 9. The second-order valence-electron chi connectivity index (χ2n) is 6.96. The molecule has 0 unspecified atom stereocenters. The topological polar surface area (TPSA) is 141 Å². The van der Waals surface area contributed by atoms with E-state index in [9.17, 15) is 0 Å². The lowest BCUT2D eigenvalue weighted by atomic mass is 10.1. The SMILES string of the molecule is COc1cc(Cc2cnc(N)nc2N)cc(OC)c1OCCCNc1ccc(C#N)cc1. The summed E-state index contributed by atoms with van der Waals surface area (Å²) in [6.07, 6.45) is 2.86. The summed E-state index contributed by atoms with van der Waals surface area (Å²) < 4.78 is 17.0. The fourth-order valence-electron chi connectivity index (χ4n) is 3.11. The van der Waals surface area contributed by atoms with Crippen LogP contribution in [0.1, 0.15) is 23.1 Å². The maximum Gasteiger partial charge on any atom is 0.221 e. The van der Waals surface area contributed by atoms with Gasteiger partial charge in [0.2, 0.25) is 11.7 Å². The average molecular weight is 435 g/mol. The first-order valence-corrected chi connectivity index (χ1v) is 10.0. The highest BCUT2D eigenvalue weighted by atomic mass is 16.5. The molecular formula is C23H26N6O3. The van der Waals surface area contributed by atoms with E-state index in [4.69, 9.17) is 30.9 Å². The highest BCUT2D eigenvalue weighted by Gasteiger charge is 2.15. The number of benzene rings is 2. The van der Waals surface area contributed by atoms with Crippen molar-refractivity contribution in [1.29, 1.82) is 5.26 Å². The summed E-state index contributed by atoms with van der Waals surface area (Å²) in [4.78, 5) is 8.00. The number of nitrogen functional groups attached to an aromatic ring is 2. The highest BCUT2D eigenvalue weighted by Crippen LogP contribution is 2.39. The van der Waals surface area contributed by atoms with Gasteiger partial charge in [0, 0.05) is 30.4 Å². The summed E-state index contributed by atoms with van der Waals surface area (Å²) >= 11 is 0. The van der Waals surface area contributed by atoms with Crippen molar-refractivity contribution in [3.63, 3.8) is 0 Å². The number of anilines is 3. The fourth-order valence-corrected chi connectivity index (χ4v) is 3.11. The Morgan fingerprint density at radius 3 is 2.34 bits per heavy atom. The maximum atomic E-state index is 8.86. The lowest BCUT2D eigenvalue weighted by Crippen LogP contribution is -2.09. The number of nitrogens with one attached hydrogen (secondary N) is 1. The minimum atomic E-state index is 0.138. The molecule has 0 aliphatic heterocycles. The van der Waals surface area contributed by atoms with E-state index >= 15 is 0 Å². The molecule has 0 amide bonds. The van der Waals surface area contributed by atoms with E-state index in [1.807, 2.05) is 24.3 Å². The number of rotatable bonds is 10. The van der Waals surface area contributed by atoms with Gasteiger partial charge in [-0.3, -0.25) is 0 Å². The van der Waals surface area contributed by atoms with Crippen molar-refractivity contribution < 1.29 is 14.2 Å². The van der Waals surface area contributed by atoms with Crippen LogP contribution in [0.25, 0.3) is 0 Å². The predicted molar refractivity (Wildman–Crippen MR) is 123 cm³/mol. The van der Waals surface area contributed by atoms with E-state index < -0.39 is 0 Å². The molecule has 166 valence electrons. The molecule has 0 saturated heterocycles. The maximum absolute atomic E-state index is 8.86. The van der Waals surface area contributed by atoms with Crippen molar-refractivity contribution in [1.82, 2.24) is 9.97 Å². The molecule has 0 aliphatic carbocycles. The largest absolute Gasteiger partial charge is 0.493 e. The Morgan fingerprint density at radius 2 is 1.75 bits per heavy atom. The van der Waals surface area contributed by atoms with Gasteiger partial charge in [0.25, 0.3) is 0 Å². The quantitative estimate of drug-likeness (QED) is 0.410. The third-order valence-electron chi connectivity index (χ3n) is 4.74. The molecule has 5 N–H and O–H groups in total. The van der Waals surface area contributed by atoms with E-state index in [0.717, 1.165) is 23.2 Å². The summed E-state index contributed by atoms with van der Waals surface area (Å²) in [6.45, 7) is 1.18. The molecule has 1 heterocycles. The van der Waals surface area contributed by atoms with Gasteiger partial charge in [0.05, 0.1) is 32.5 Å². The van der Waals surface area contributed by atoms with Gasteiger partial charge in [-0.25, -0.2) is 4.98 Å². The number of hydrogen-bond donors (Lipinski definition) is 3. The van der Waals surface area contributed by atoms with Crippen LogP contribution in [0.4, 0.5) is 17.5 Å². The van der Waals surface area contributed by atoms with Crippen molar-refractivity contribution >= 4 is 17.5 Å². The average Bonchev–Trinajstić information content (AvgIpc) is 2.81. The summed E-state index contributed by atoms with van der Waals surface area (Å²) in [7, 11) is 3.16. The second-order valence-corrected chi connectivity index (χ2v) is 6.96. The molecule has 0 spiro atoms. The Hall–Kier alpha value is -4.19. The van der Waals surface area contributed by atoms with E-state index in [0.29, 0.717) is 48.2 Å². The van der Waals surface area contributed by atoms with Crippen LogP contribution in [-0.4, -0.2) is 37.3 Å². The van der Waals surface area contributed by atoms with Gasteiger partial charge in [0.1, 0.15) is 5.82 Å². The normalized spacial score (nSPS) is 10.3. The number of ether oxygens (including phenoxy) is 3. The molecule has 1 aromatic heterocycles. The minimum absolute atomic E-state index is 0.138. The number of aromatic nitrogens is 2. The Labute approximate surface area is 187 Å². The van der Waals surface area contributed by atoms with Crippen LogP contribution in [0.5, 0.6) is 17.2 Å². The summed E-state index contributed by atoms with van der Waals surface area (Å²) in [6, 6.07) is 13.2. The van der Waals surface area contributed by atoms with Gasteiger partial charge < -0.3 is 31.0 Å². The minimum Gasteiger partial charge on any atom is -0.493 e. The number of nitrogens with zero attached hydrogens (tertiary/aromatic N) is 3. The molecule has 0 atom stereocenters. The van der Waals surface area contributed by atoms with Gasteiger partial charge in [-0.2, -0.15) is 10.2 Å². The summed E-state index contributed by atoms with van der Waals surface area (Å²) in [5.41, 5.74) is 14.8. The third-order valence-corrected chi connectivity index (χ3v) is 4.74. The summed E-state index contributed by atoms with van der Waals surface area (Å²) in [5, 5.41) is 12.2. The Kier molecular flexibility index (Phi) is 7.54. The van der Waals surface area contributed by atoms with Crippen LogP contribution in [0.15, 0.2) is 42.6 Å². The van der Waals surface area contributed by atoms with Crippen LogP contribution in [0.3, 0.4) is 0 Å². The Balaban J connectivity index is 1.62. The molecule has 3 rings (SSSR count). The van der Waals surface area contributed by atoms with Gasteiger partial charge in [-0.05, 0) is 48.4 Å². The van der Waals surface area contributed by atoms with Crippen LogP contribution < -0.4 is 31.0 Å². The lowest BCUT2D eigenvalue weighted by Gasteiger charge is -2.16. The molecule has 3 aromatic rings. The molecule has 32 heavy (non-hydrogen) atoms. The molecule has 0 saturated carbocycles. The molecule has 0 radical (unpaired) electrons. The first-order chi connectivity index (χ1) is 15.5. The fraction of sp³-hybridized carbons (Fsp3) is 0.261. The smallest absolute Gasteiger partial charge is 0.221 e. The monoisotopic (exact) mass is 434 g/mol. The van der Waals surface area contributed by atoms with Gasteiger partial charge in [0.15, 0.2) is 11.5 Å². The Bertz CT molecular complexity index is 1070. The zero-order valence-corrected chi connectivity index (χ0v) is 18.1. The van der Waals surface area contributed by atoms with Crippen molar-refractivity contribution in [2.45, 2.75) is 12.8 Å². The number of nitrogens with two attached hydrogens (primary N) is 2. The van der Waals surface area contributed by atoms with E-state index in [2.05, 4.69) is 21.4 Å². The molecule has 2 aromatic carbocycles. The lowest BCUT2D eigenvalue weighted by molar-refractivity contribution is 0.273. The Morgan fingerprint density at radius 1 is 1.06 bits per heavy atom. The zero-order valence-electron chi connectivity index (χ0n) is 18.1. The van der Waals surface area contributed by atoms with Crippen molar-refractivity contribution in [3.05, 3.63) is 59.3 Å². The first-order valence-electron chi connectivity index (χ1n) is 10.0. The molecule has 9 heteroatoms. The van der Waals surface area contributed by atoms with Crippen molar-refractivity contribution in [3.8, 4) is 23.3 Å². The standard InChI is InChI=1S/C23H26N6O3/c1-30-19-11-16(10-17-14-28-23(26)29-22(17)25)12-20(31-2)21(19)32-9-3-8-27-18-6-4-15(13-24)5-7-18/h4-7,11-12,14,27H,3,8-10H2,1-2H3,(H4,25,26,28,29). The van der Waals surface area contributed by atoms with E-state index in [-0.39, 0.29) is 5.95 Å². The predicted octanol–water partition coefficient (Wildman–Crippen LogP) is 3.00. The number of nitriles is 1. The molecule has 0 bridgehead atoms. The van der Waals surface area contributed by atoms with Crippen LogP contribution in [-0.2, 0) is 6.42 Å². The van der Waals surface area contributed by atoms with E-state index in [1.165, 1.54) is 0 Å². The van der Waals surface area contributed by atoms with Crippen molar-refractivity contribution in [2.75, 3.05) is 44.2 Å². The highest BCUT2D eigenvalue weighted by molar-refractivity contribution is 5.55. The molecule has 0 fully saturated rings. The van der Waals surface area contributed by atoms with E-state index in [1.54, 1.807) is 32.5 Å². The van der Waals surface area contributed by atoms with Crippen molar-refractivity contribution in [2.24, 2.45) is 0 Å². The zero-order chi connectivity index (χ0) is 22.9. The number of methoxy groups -OCH3 is 2. The van der Waals surface area contributed by atoms with Crippen LogP contribution in [0.2, 0.25) is 0 Å². The summed E-state index contributed by atoms with van der Waals surface area (Å²) in [5.74, 6) is 2.15.